The van der Waals surface area contributed by atoms with E-state index >= 15 is 0 Å². The van der Waals surface area contributed by atoms with Gasteiger partial charge in [-0.1, -0.05) is 26.2 Å². The van der Waals surface area contributed by atoms with Crippen molar-refractivity contribution in [1.29, 1.82) is 0 Å². The maximum atomic E-state index is 4.33. The molecule has 3 nitrogen and oxygen atoms in total. The smallest absolute Gasteiger partial charge is 0.0492 e. The highest BCUT2D eigenvalue weighted by Crippen LogP contribution is 2.31. The maximum Gasteiger partial charge on any atom is 0.0492 e. The largest absolute Gasteiger partial charge is 0.313 e. The second kappa shape index (κ2) is 6.20. The van der Waals surface area contributed by atoms with Crippen molar-refractivity contribution < 1.29 is 0 Å². The summed E-state index contributed by atoms with van der Waals surface area (Å²) >= 11 is 0. The average molecular weight is 235 g/mol. The molecule has 1 fully saturated rings. The maximum absolute atomic E-state index is 4.33. The Balaban J connectivity index is 2.11. The molecule has 2 unspecified atom stereocenters. The molecule has 2 rings (SSSR count). The standard InChI is InChI=1S/C14H25N3/c1-3-10-15-13-8-6-4-5-7-12(13)14-9-11-16-17(14)2/h9,11-13,15H,3-8,10H2,1-2H3. The van der Waals surface area contributed by atoms with E-state index in [-0.39, 0.29) is 0 Å². The Labute approximate surface area is 105 Å². The van der Waals surface area contributed by atoms with E-state index in [0.29, 0.717) is 12.0 Å². The number of aromatic nitrogens is 2. The molecule has 1 aliphatic rings. The van der Waals surface area contributed by atoms with Crippen LogP contribution in [0.25, 0.3) is 0 Å². The highest BCUT2D eigenvalue weighted by molar-refractivity contribution is 5.11. The van der Waals surface area contributed by atoms with Crippen LogP contribution in [0.1, 0.15) is 57.1 Å². The predicted molar refractivity (Wildman–Crippen MR) is 71.1 cm³/mol. The van der Waals surface area contributed by atoms with Crippen LogP contribution >= 0.6 is 0 Å². The highest BCUT2D eigenvalue weighted by atomic mass is 15.3. The summed E-state index contributed by atoms with van der Waals surface area (Å²) in [5, 5.41) is 8.06. The second-order valence-electron chi connectivity index (χ2n) is 5.18. The van der Waals surface area contributed by atoms with Gasteiger partial charge in [-0.3, -0.25) is 4.68 Å². The van der Waals surface area contributed by atoms with E-state index in [2.05, 4.69) is 35.1 Å². The molecule has 96 valence electrons. The summed E-state index contributed by atoms with van der Waals surface area (Å²) in [5.74, 6) is 0.650. The Morgan fingerprint density at radius 1 is 1.35 bits per heavy atom. The molecule has 0 saturated heterocycles. The molecule has 1 aromatic rings. The fourth-order valence-electron chi connectivity index (χ4n) is 2.98. The summed E-state index contributed by atoms with van der Waals surface area (Å²) in [6.45, 7) is 3.38. The third kappa shape index (κ3) is 3.09. The number of hydrogen-bond donors (Lipinski definition) is 1. The van der Waals surface area contributed by atoms with Crippen molar-refractivity contribution in [2.75, 3.05) is 6.54 Å². The topological polar surface area (TPSA) is 29.9 Å². The van der Waals surface area contributed by atoms with Crippen molar-refractivity contribution in [1.82, 2.24) is 15.1 Å². The lowest BCUT2D eigenvalue weighted by molar-refractivity contribution is 0.395. The van der Waals surface area contributed by atoms with E-state index in [9.17, 15) is 0 Å². The Morgan fingerprint density at radius 2 is 2.18 bits per heavy atom. The molecule has 0 aromatic carbocycles. The zero-order chi connectivity index (χ0) is 12.1. The minimum absolute atomic E-state index is 0.646. The molecule has 1 N–H and O–H groups in total. The van der Waals surface area contributed by atoms with Crippen molar-refractivity contribution in [2.45, 2.75) is 57.4 Å². The van der Waals surface area contributed by atoms with Gasteiger partial charge in [0.05, 0.1) is 0 Å². The lowest BCUT2D eigenvalue weighted by Crippen LogP contribution is -2.35. The van der Waals surface area contributed by atoms with Crippen LogP contribution in [0, 0.1) is 0 Å². The lowest BCUT2D eigenvalue weighted by atomic mass is 9.91. The first kappa shape index (κ1) is 12.6. The van der Waals surface area contributed by atoms with E-state index in [1.54, 1.807) is 0 Å². The van der Waals surface area contributed by atoms with E-state index < -0.39 is 0 Å². The first-order valence-corrected chi connectivity index (χ1v) is 7.04. The van der Waals surface area contributed by atoms with Gasteiger partial charge < -0.3 is 5.32 Å². The number of hydrogen-bond acceptors (Lipinski definition) is 2. The molecule has 0 radical (unpaired) electrons. The first-order chi connectivity index (χ1) is 8.33. The number of nitrogens with one attached hydrogen (secondary N) is 1. The zero-order valence-corrected chi connectivity index (χ0v) is 11.2. The fourth-order valence-corrected chi connectivity index (χ4v) is 2.98. The molecular weight excluding hydrogens is 210 g/mol. The minimum Gasteiger partial charge on any atom is -0.313 e. The third-order valence-corrected chi connectivity index (χ3v) is 3.91. The van der Waals surface area contributed by atoms with Gasteiger partial charge in [0.25, 0.3) is 0 Å². The van der Waals surface area contributed by atoms with Crippen LogP contribution < -0.4 is 5.32 Å². The molecule has 0 aliphatic heterocycles. The van der Waals surface area contributed by atoms with Crippen molar-refractivity contribution in [3.8, 4) is 0 Å². The fraction of sp³-hybridized carbons (Fsp3) is 0.786. The molecule has 2 atom stereocenters. The Hall–Kier alpha value is -0.830. The van der Waals surface area contributed by atoms with Gasteiger partial charge in [-0.15, -0.1) is 0 Å². The molecule has 1 aromatic heterocycles. The van der Waals surface area contributed by atoms with Crippen LogP contribution in [0.15, 0.2) is 12.3 Å². The van der Waals surface area contributed by atoms with Gasteiger partial charge in [0.1, 0.15) is 0 Å². The highest BCUT2D eigenvalue weighted by Gasteiger charge is 2.26. The monoisotopic (exact) mass is 235 g/mol. The Morgan fingerprint density at radius 3 is 2.88 bits per heavy atom. The van der Waals surface area contributed by atoms with Crippen molar-refractivity contribution in [3.63, 3.8) is 0 Å². The predicted octanol–water partition coefficient (Wildman–Crippen LogP) is 2.84. The lowest BCUT2D eigenvalue weighted by Gasteiger charge is -2.26. The number of rotatable bonds is 4. The summed E-state index contributed by atoms with van der Waals surface area (Å²) in [4.78, 5) is 0. The molecule has 17 heavy (non-hydrogen) atoms. The summed E-state index contributed by atoms with van der Waals surface area (Å²) in [6, 6.07) is 2.84. The molecule has 0 amide bonds. The van der Waals surface area contributed by atoms with Gasteiger partial charge in [-0.05, 0) is 31.9 Å². The van der Waals surface area contributed by atoms with Crippen LogP contribution in [-0.2, 0) is 7.05 Å². The third-order valence-electron chi connectivity index (χ3n) is 3.91. The molecule has 1 aliphatic carbocycles. The Bertz CT molecular complexity index is 332. The summed E-state index contributed by atoms with van der Waals surface area (Å²) in [5.41, 5.74) is 1.40. The Kier molecular flexibility index (Phi) is 4.60. The first-order valence-electron chi connectivity index (χ1n) is 7.04. The van der Waals surface area contributed by atoms with Gasteiger partial charge in [0.2, 0.25) is 0 Å². The normalized spacial score (nSPS) is 25.8. The van der Waals surface area contributed by atoms with Crippen LogP contribution in [-0.4, -0.2) is 22.4 Å². The minimum atomic E-state index is 0.646. The summed E-state index contributed by atoms with van der Waals surface area (Å²) < 4.78 is 2.05. The van der Waals surface area contributed by atoms with E-state index in [1.807, 2.05) is 6.20 Å². The van der Waals surface area contributed by atoms with Crippen LogP contribution in [0.5, 0.6) is 0 Å². The SMILES string of the molecule is CCCNC1CCCCCC1c1ccnn1C. The molecule has 3 heteroatoms. The van der Waals surface area contributed by atoms with E-state index in [1.165, 1.54) is 44.2 Å². The quantitative estimate of drug-likeness (QED) is 0.813. The molecular formula is C14H25N3. The molecule has 0 bridgehead atoms. The summed E-state index contributed by atoms with van der Waals surface area (Å²) in [7, 11) is 2.07. The average Bonchev–Trinajstić information content (AvgIpc) is 2.63. The van der Waals surface area contributed by atoms with Crippen molar-refractivity contribution in [3.05, 3.63) is 18.0 Å². The van der Waals surface area contributed by atoms with Crippen LogP contribution in [0.3, 0.4) is 0 Å². The molecule has 1 heterocycles. The van der Waals surface area contributed by atoms with Gasteiger partial charge >= 0.3 is 0 Å². The zero-order valence-electron chi connectivity index (χ0n) is 11.2. The van der Waals surface area contributed by atoms with Gasteiger partial charge in [0.15, 0.2) is 0 Å². The van der Waals surface area contributed by atoms with Gasteiger partial charge in [-0.25, -0.2) is 0 Å². The van der Waals surface area contributed by atoms with E-state index in [4.69, 9.17) is 0 Å². The van der Waals surface area contributed by atoms with E-state index in [0.717, 1.165) is 6.54 Å². The van der Waals surface area contributed by atoms with Crippen molar-refractivity contribution in [2.24, 2.45) is 7.05 Å². The molecule has 1 saturated carbocycles. The molecule has 0 spiro atoms. The number of nitrogens with zero attached hydrogens (tertiary/aromatic N) is 2. The van der Waals surface area contributed by atoms with Crippen LogP contribution in [0.2, 0.25) is 0 Å². The van der Waals surface area contributed by atoms with Gasteiger partial charge in [0, 0.05) is 30.9 Å². The summed E-state index contributed by atoms with van der Waals surface area (Å²) in [6.07, 6.45) is 9.89. The van der Waals surface area contributed by atoms with Crippen molar-refractivity contribution >= 4 is 0 Å². The second-order valence-corrected chi connectivity index (χ2v) is 5.18. The van der Waals surface area contributed by atoms with Gasteiger partial charge in [-0.2, -0.15) is 5.10 Å². The number of aryl methyl sites for hydroxylation is 1. The van der Waals surface area contributed by atoms with Crippen LogP contribution in [0.4, 0.5) is 0 Å².